The van der Waals surface area contributed by atoms with Crippen LogP contribution in [0.4, 0.5) is 0 Å². The van der Waals surface area contributed by atoms with E-state index in [2.05, 4.69) is 20.8 Å². The summed E-state index contributed by atoms with van der Waals surface area (Å²) in [7, 11) is 0. The molecule has 1 rings (SSSR count). The molecule has 1 aromatic rings. The van der Waals surface area contributed by atoms with E-state index < -0.39 is 79.2 Å². The van der Waals surface area contributed by atoms with E-state index in [0.717, 1.165) is 0 Å². The SMILES string of the molecule is [C-]#[N+]C[C@H](N)C(=O)N[C@@H](CC(C)C)C(=O)N[C@@H](CO)[C@@H](O)[C@@H](O)[C@H](O)C(=O)N[C@@H](CC(=O)O)c1ccccc1. The summed E-state index contributed by atoms with van der Waals surface area (Å²) in [6.07, 6.45) is -6.90. The van der Waals surface area contributed by atoms with E-state index in [1.807, 2.05) is 0 Å². The number of carbonyl (C=O) groups excluding carboxylic acids is 3. The quantitative estimate of drug-likeness (QED) is 0.0992. The number of carbonyl (C=O) groups is 4. The summed E-state index contributed by atoms with van der Waals surface area (Å²) in [4.78, 5) is 52.0. The Balaban J connectivity index is 2.95. The summed E-state index contributed by atoms with van der Waals surface area (Å²) >= 11 is 0. The van der Waals surface area contributed by atoms with Crippen molar-refractivity contribution in [3.8, 4) is 0 Å². The first-order valence-electron chi connectivity index (χ1n) is 12.2. The average Bonchev–Trinajstić information content (AvgIpc) is 2.89. The maximum Gasteiger partial charge on any atom is 0.305 e. The van der Waals surface area contributed by atoms with Gasteiger partial charge in [-0.2, -0.15) is 0 Å². The maximum absolute atomic E-state index is 12.9. The molecule has 0 fully saturated rings. The van der Waals surface area contributed by atoms with Crippen LogP contribution in [0.2, 0.25) is 0 Å². The summed E-state index contributed by atoms with van der Waals surface area (Å²) in [6.45, 7) is 9.15. The number of nitrogens with zero attached hydrogens (tertiary/aromatic N) is 1. The van der Waals surface area contributed by atoms with Gasteiger partial charge >= 0.3 is 5.97 Å². The number of carboxylic acid groups (broad SMARTS) is 1. The van der Waals surface area contributed by atoms with E-state index in [1.165, 1.54) is 0 Å². The first kappa shape index (κ1) is 33.4. The number of amides is 3. The maximum atomic E-state index is 12.9. The number of carboxylic acids is 1. The number of hydrogen-bond donors (Lipinski definition) is 9. The lowest BCUT2D eigenvalue weighted by molar-refractivity contribution is -0.145. The number of benzene rings is 1. The van der Waals surface area contributed by atoms with E-state index in [-0.39, 0.29) is 18.9 Å². The average molecular weight is 552 g/mol. The standard InChI is InChI=1S/C25H37N5O9/c1-13(2)9-17(29-23(37)15(26)11-27-3)24(38)30-18(12-31)20(34)21(35)22(36)25(39)28-16(10-19(32)33)14-7-5-4-6-8-14/h4-8,13,15-18,20-22,31,34-36H,9-12,26H2,1-2H3,(H,28,39)(H,29,37)(H,30,38)(H,32,33)/t15-,16-,17-,18-,20+,21+,22-/m0/s1. The number of aliphatic carboxylic acids is 1. The van der Waals surface area contributed by atoms with E-state index in [1.54, 1.807) is 44.2 Å². The van der Waals surface area contributed by atoms with E-state index in [0.29, 0.717) is 5.56 Å². The fourth-order valence-electron chi connectivity index (χ4n) is 3.63. The molecule has 7 atom stereocenters. The van der Waals surface area contributed by atoms with Crippen LogP contribution in [0.15, 0.2) is 30.3 Å². The van der Waals surface area contributed by atoms with Crippen LogP contribution in [-0.2, 0) is 19.2 Å². The van der Waals surface area contributed by atoms with Crippen molar-refractivity contribution < 1.29 is 44.7 Å². The molecule has 0 spiro atoms. The Labute approximate surface area is 226 Å². The number of nitrogens with two attached hydrogens (primary N) is 1. The van der Waals surface area contributed by atoms with Crippen molar-refractivity contribution >= 4 is 23.7 Å². The molecule has 216 valence electrons. The number of rotatable bonds is 16. The molecule has 0 aromatic heterocycles. The molecular formula is C25H37N5O9. The second-order valence-corrected chi connectivity index (χ2v) is 9.43. The van der Waals surface area contributed by atoms with E-state index in [4.69, 9.17) is 12.3 Å². The highest BCUT2D eigenvalue weighted by atomic mass is 16.4. The van der Waals surface area contributed by atoms with Crippen LogP contribution in [0.5, 0.6) is 0 Å². The van der Waals surface area contributed by atoms with Gasteiger partial charge in [-0.25, -0.2) is 6.57 Å². The van der Waals surface area contributed by atoms with Gasteiger partial charge in [-0.3, -0.25) is 19.2 Å². The van der Waals surface area contributed by atoms with E-state index >= 15 is 0 Å². The Hall–Kier alpha value is -3.61. The Bertz CT molecular complexity index is 1000. The molecule has 0 heterocycles. The number of nitrogens with one attached hydrogen (secondary N) is 3. The molecule has 14 heteroatoms. The first-order chi connectivity index (χ1) is 18.3. The highest BCUT2D eigenvalue weighted by Gasteiger charge is 2.37. The van der Waals surface area contributed by atoms with Crippen molar-refractivity contribution in [2.75, 3.05) is 13.2 Å². The molecule has 0 unspecified atom stereocenters. The third-order valence-corrected chi connectivity index (χ3v) is 5.74. The molecular weight excluding hydrogens is 514 g/mol. The van der Waals surface area contributed by atoms with Crippen LogP contribution in [-0.4, -0.2) is 98.8 Å². The molecule has 39 heavy (non-hydrogen) atoms. The second kappa shape index (κ2) is 16.4. The minimum atomic E-state index is -2.26. The van der Waals surface area contributed by atoms with Crippen LogP contribution < -0.4 is 21.7 Å². The molecule has 0 aliphatic carbocycles. The predicted molar refractivity (Wildman–Crippen MR) is 137 cm³/mol. The molecule has 0 aliphatic heterocycles. The first-order valence-corrected chi connectivity index (χ1v) is 12.2. The van der Waals surface area contributed by atoms with Crippen LogP contribution in [0, 0.1) is 12.5 Å². The number of aliphatic hydroxyl groups excluding tert-OH is 4. The monoisotopic (exact) mass is 551 g/mol. The van der Waals surface area contributed by atoms with Crippen molar-refractivity contribution in [1.82, 2.24) is 16.0 Å². The van der Waals surface area contributed by atoms with Gasteiger partial charge in [0, 0.05) is 0 Å². The Kier molecular flexibility index (Phi) is 14.0. The normalized spacial score (nSPS) is 16.5. The molecule has 0 saturated heterocycles. The smallest absolute Gasteiger partial charge is 0.305 e. The topological polar surface area (TPSA) is 236 Å². The molecule has 0 saturated carbocycles. The van der Waals surface area contributed by atoms with Crippen LogP contribution in [0.25, 0.3) is 4.85 Å². The third-order valence-electron chi connectivity index (χ3n) is 5.74. The van der Waals surface area contributed by atoms with Crippen molar-refractivity contribution in [3.05, 3.63) is 47.3 Å². The summed E-state index contributed by atoms with van der Waals surface area (Å²) < 4.78 is 0. The van der Waals surface area contributed by atoms with Crippen LogP contribution in [0.1, 0.15) is 38.3 Å². The molecule has 14 nitrogen and oxygen atoms in total. The van der Waals surface area contributed by atoms with Crippen LogP contribution >= 0.6 is 0 Å². The highest BCUT2D eigenvalue weighted by molar-refractivity contribution is 5.90. The lowest BCUT2D eigenvalue weighted by atomic mass is 9.98. The van der Waals surface area contributed by atoms with Gasteiger partial charge in [0.15, 0.2) is 12.1 Å². The van der Waals surface area contributed by atoms with Gasteiger partial charge in [-0.05, 0) is 17.9 Å². The van der Waals surface area contributed by atoms with Crippen molar-refractivity contribution in [2.45, 2.75) is 69.2 Å². The Morgan fingerprint density at radius 2 is 1.56 bits per heavy atom. The molecule has 1 aromatic carbocycles. The second-order valence-electron chi connectivity index (χ2n) is 9.43. The van der Waals surface area contributed by atoms with Gasteiger partial charge in [-0.1, -0.05) is 44.2 Å². The molecule has 0 aliphatic rings. The zero-order chi connectivity index (χ0) is 29.7. The lowest BCUT2D eigenvalue weighted by Gasteiger charge is -2.31. The summed E-state index contributed by atoms with van der Waals surface area (Å²) in [5.41, 5.74) is 6.03. The summed E-state index contributed by atoms with van der Waals surface area (Å²) in [5, 5.41) is 57.3. The lowest BCUT2D eigenvalue weighted by Crippen LogP contribution is -2.60. The summed E-state index contributed by atoms with van der Waals surface area (Å²) in [6, 6.07) is 3.07. The minimum absolute atomic E-state index is 0.0879. The van der Waals surface area contributed by atoms with Crippen molar-refractivity contribution in [2.24, 2.45) is 11.7 Å². The number of aliphatic hydroxyl groups is 4. The summed E-state index contributed by atoms with van der Waals surface area (Å²) in [5.74, 6) is -4.12. The molecule has 0 radical (unpaired) electrons. The molecule has 0 bridgehead atoms. The van der Waals surface area contributed by atoms with Gasteiger partial charge in [-0.15, -0.1) is 0 Å². The van der Waals surface area contributed by atoms with Crippen LogP contribution in [0.3, 0.4) is 0 Å². The van der Waals surface area contributed by atoms with Gasteiger partial charge in [0.05, 0.1) is 25.1 Å². The zero-order valence-corrected chi connectivity index (χ0v) is 21.7. The largest absolute Gasteiger partial charge is 0.481 e. The fraction of sp³-hybridized carbons (Fsp3) is 0.560. The fourth-order valence-corrected chi connectivity index (χ4v) is 3.63. The van der Waals surface area contributed by atoms with Gasteiger partial charge in [0.2, 0.25) is 18.4 Å². The Morgan fingerprint density at radius 3 is 2.08 bits per heavy atom. The zero-order valence-electron chi connectivity index (χ0n) is 21.7. The molecule has 3 amide bonds. The van der Waals surface area contributed by atoms with Crippen molar-refractivity contribution in [3.63, 3.8) is 0 Å². The minimum Gasteiger partial charge on any atom is -0.481 e. The van der Waals surface area contributed by atoms with Crippen molar-refractivity contribution in [1.29, 1.82) is 0 Å². The highest BCUT2D eigenvalue weighted by Crippen LogP contribution is 2.17. The molecule has 10 N–H and O–H groups in total. The van der Waals surface area contributed by atoms with Gasteiger partial charge in [0.25, 0.3) is 5.91 Å². The Morgan fingerprint density at radius 1 is 0.949 bits per heavy atom. The van der Waals surface area contributed by atoms with E-state index in [9.17, 15) is 44.7 Å². The van der Waals surface area contributed by atoms with Gasteiger partial charge in [0.1, 0.15) is 18.2 Å². The number of hydrogen-bond acceptors (Lipinski definition) is 9. The third kappa shape index (κ3) is 11.0. The van der Waals surface area contributed by atoms with Gasteiger partial charge < -0.3 is 52.1 Å². The predicted octanol–water partition coefficient (Wildman–Crippen LogP) is -2.34.